The van der Waals surface area contributed by atoms with Crippen molar-refractivity contribution in [3.05, 3.63) is 146 Å². The number of phosphoric acid groups is 2. The molecule has 5 unspecified atom stereocenters. The van der Waals surface area contributed by atoms with Gasteiger partial charge < -0.3 is 34.2 Å². The summed E-state index contributed by atoms with van der Waals surface area (Å²) in [5.41, 5.74) is 0. The lowest BCUT2D eigenvalue weighted by atomic mass is 10.0. The Hall–Kier alpha value is -4.57. The molecule has 0 aromatic carbocycles. The number of unbranched alkanes of at least 4 members (excludes halogenated alkanes) is 44. The van der Waals surface area contributed by atoms with E-state index < -0.39 is 91.5 Å². The van der Waals surface area contributed by atoms with E-state index in [0.717, 1.165) is 141 Å². The number of aliphatic hydroxyl groups is 2. The molecule has 0 heterocycles. The summed E-state index contributed by atoms with van der Waals surface area (Å²) in [7, 11) is -9.81. The Morgan fingerprint density at radius 3 is 0.664 bits per heavy atom. The molecule has 0 spiro atoms. The standard InChI is InChI=1S/C101H176O16P2/c1-4-7-10-13-16-19-22-25-28-31-34-37-40-43-45-46-47-48-50-53-54-57-60-63-66-69-72-75-78-81-84-87-99(104)111-90-96(102)91-113-118(107,108)114-92-97(103)93-115-119(109,110)116-95-98(117-101(106)89-86-83-80-77-74-71-68-65-62-59-56-51-42-39-36-33-30-27-24-21-18-15-12-9-6-3)94-112-100(105)88-85-82-79-76-73-70-67-64-61-58-55-52-49-44-41-38-35-32-29-26-23-20-17-14-11-8-5-2/h16-21,25-30,34-39,43-45,49,51,56,96-98,102-103H,4-15,22-24,31-33,40-42,46-48,50,52-55,57-95H2,1-3H3,(H,107,108)(H,109,110)/b19-16-,20-17-,21-18-,28-25-,29-26-,30-27-,37-34-,38-35-,39-36-,45-43-,49-44-,56-51-. The van der Waals surface area contributed by atoms with Crippen molar-refractivity contribution in [1.82, 2.24) is 0 Å². The molecule has 0 aliphatic heterocycles. The van der Waals surface area contributed by atoms with Crippen molar-refractivity contribution in [3.8, 4) is 0 Å². The van der Waals surface area contributed by atoms with Crippen LogP contribution in [0.4, 0.5) is 0 Å². The van der Waals surface area contributed by atoms with Gasteiger partial charge in [-0.2, -0.15) is 0 Å². The summed E-state index contributed by atoms with van der Waals surface area (Å²) in [4.78, 5) is 59.1. The highest BCUT2D eigenvalue weighted by molar-refractivity contribution is 7.47. The largest absolute Gasteiger partial charge is 0.472 e. The van der Waals surface area contributed by atoms with Gasteiger partial charge in [0.05, 0.1) is 26.4 Å². The summed E-state index contributed by atoms with van der Waals surface area (Å²) >= 11 is 0. The molecule has 0 rings (SSSR count). The quantitative estimate of drug-likeness (QED) is 0.0146. The number of carbonyl (C=O) groups excluding carboxylic acids is 3. The zero-order chi connectivity index (χ0) is 86.5. The van der Waals surface area contributed by atoms with Crippen LogP contribution in [0.1, 0.15) is 419 Å². The van der Waals surface area contributed by atoms with Crippen LogP contribution in [-0.2, 0) is 55.8 Å². The van der Waals surface area contributed by atoms with Gasteiger partial charge in [0.15, 0.2) is 6.10 Å². The average molecular weight is 1710 g/mol. The Morgan fingerprint density at radius 1 is 0.235 bits per heavy atom. The lowest BCUT2D eigenvalue weighted by molar-refractivity contribution is -0.161. The van der Waals surface area contributed by atoms with Crippen LogP contribution in [0, 0.1) is 0 Å². The lowest BCUT2D eigenvalue weighted by Crippen LogP contribution is -2.30. The summed E-state index contributed by atoms with van der Waals surface area (Å²) < 4.78 is 61.6. The van der Waals surface area contributed by atoms with Gasteiger partial charge in [-0.3, -0.25) is 32.5 Å². The third kappa shape index (κ3) is 94.0. The number of phosphoric ester groups is 2. The summed E-state index contributed by atoms with van der Waals surface area (Å²) in [6.07, 6.45) is 117. The molecule has 0 bridgehead atoms. The van der Waals surface area contributed by atoms with Gasteiger partial charge in [0.25, 0.3) is 0 Å². The molecule has 5 atom stereocenters. The Kier molecular flexibility index (Phi) is 89.1. The van der Waals surface area contributed by atoms with Crippen molar-refractivity contribution >= 4 is 33.6 Å². The van der Waals surface area contributed by atoms with E-state index in [0.29, 0.717) is 19.3 Å². The van der Waals surface area contributed by atoms with Gasteiger partial charge in [-0.05, 0) is 154 Å². The third-order valence-corrected chi connectivity index (χ3v) is 22.4. The highest BCUT2D eigenvalue weighted by Crippen LogP contribution is 2.45. The number of allylic oxidation sites excluding steroid dienone is 24. The number of hydrogen-bond acceptors (Lipinski definition) is 14. The van der Waals surface area contributed by atoms with E-state index in [4.69, 9.17) is 32.3 Å². The van der Waals surface area contributed by atoms with Crippen LogP contribution in [0.2, 0.25) is 0 Å². The van der Waals surface area contributed by atoms with E-state index in [9.17, 15) is 43.5 Å². The number of hydrogen-bond donors (Lipinski definition) is 4. The molecule has 0 saturated carbocycles. The van der Waals surface area contributed by atoms with E-state index >= 15 is 0 Å². The van der Waals surface area contributed by atoms with Crippen LogP contribution in [0.3, 0.4) is 0 Å². The van der Waals surface area contributed by atoms with Crippen LogP contribution in [-0.4, -0.2) is 95.9 Å². The van der Waals surface area contributed by atoms with Crippen molar-refractivity contribution in [1.29, 1.82) is 0 Å². The van der Waals surface area contributed by atoms with Crippen molar-refractivity contribution in [2.45, 2.75) is 437 Å². The first-order chi connectivity index (χ1) is 58.2. The van der Waals surface area contributed by atoms with Crippen LogP contribution in [0.25, 0.3) is 0 Å². The molecule has 119 heavy (non-hydrogen) atoms. The molecule has 686 valence electrons. The maximum absolute atomic E-state index is 13.1. The highest BCUT2D eigenvalue weighted by Gasteiger charge is 2.30. The van der Waals surface area contributed by atoms with Crippen molar-refractivity contribution < 1.29 is 75.8 Å². The van der Waals surface area contributed by atoms with Crippen LogP contribution >= 0.6 is 15.6 Å². The van der Waals surface area contributed by atoms with Gasteiger partial charge in [-0.15, -0.1) is 0 Å². The number of esters is 3. The minimum Gasteiger partial charge on any atom is -0.463 e. The number of carbonyl (C=O) groups is 3. The van der Waals surface area contributed by atoms with Gasteiger partial charge >= 0.3 is 33.6 Å². The number of ether oxygens (including phenoxy) is 3. The van der Waals surface area contributed by atoms with E-state index in [2.05, 4.69) is 167 Å². The normalized spacial score (nSPS) is 14.4. The highest BCUT2D eigenvalue weighted by atomic mass is 31.2. The van der Waals surface area contributed by atoms with E-state index in [1.54, 1.807) is 0 Å². The maximum Gasteiger partial charge on any atom is 0.472 e. The minimum atomic E-state index is -4.95. The first-order valence-electron chi connectivity index (χ1n) is 48.1. The van der Waals surface area contributed by atoms with Crippen LogP contribution < -0.4 is 0 Å². The number of rotatable bonds is 91. The fraction of sp³-hybridized carbons (Fsp3) is 0.733. The smallest absolute Gasteiger partial charge is 0.463 e. The zero-order valence-electron chi connectivity index (χ0n) is 75.8. The molecule has 0 amide bonds. The molecular formula is C101H176O16P2. The maximum atomic E-state index is 13.1. The molecule has 0 aromatic heterocycles. The Labute approximate surface area is 728 Å². The molecule has 0 saturated heterocycles. The second kappa shape index (κ2) is 92.6. The fourth-order valence-electron chi connectivity index (χ4n) is 13.2. The second-order valence-electron chi connectivity index (χ2n) is 32.2. The molecule has 4 N–H and O–H groups in total. The average Bonchev–Trinajstić information content (AvgIpc) is 0.905. The van der Waals surface area contributed by atoms with Gasteiger partial charge in [-0.25, -0.2) is 9.13 Å². The first-order valence-corrected chi connectivity index (χ1v) is 51.1. The van der Waals surface area contributed by atoms with Gasteiger partial charge in [-0.1, -0.05) is 391 Å². The van der Waals surface area contributed by atoms with Gasteiger partial charge in [0.1, 0.15) is 25.4 Å². The van der Waals surface area contributed by atoms with Gasteiger partial charge in [0, 0.05) is 19.3 Å². The summed E-state index contributed by atoms with van der Waals surface area (Å²) in [6.45, 7) is 2.65. The predicted octanol–water partition coefficient (Wildman–Crippen LogP) is 29.9. The number of aliphatic hydroxyl groups excluding tert-OH is 2. The van der Waals surface area contributed by atoms with Crippen molar-refractivity contribution in [2.75, 3.05) is 39.6 Å². The molecule has 16 nitrogen and oxygen atoms in total. The van der Waals surface area contributed by atoms with Crippen molar-refractivity contribution in [3.63, 3.8) is 0 Å². The monoisotopic (exact) mass is 1710 g/mol. The summed E-state index contributed by atoms with van der Waals surface area (Å²) in [6, 6.07) is 0. The molecule has 0 aliphatic rings. The second-order valence-corrected chi connectivity index (χ2v) is 35.1. The fourth-order valence-corrected chi connectivity index (χ4v) is 14.8. The Bertz CT molecular complexity index is 2740. The van der Waals surface area contributed by atoms with Crippen LogP contribution in [0.15, 0.2) is 146 Å². The molecule has 0 aliphatic carbocycles. The van der Waals surface area contributed by atoms with E-state index in [1.165, 1.54) is 218 Å². The summed E-state index contributed by atoms with van der Waals surface area (Å²) in [5.74, 6) is -1.57. The van der Waals surface area contributed by atoms with Crippen molar-refractivity contribution in [2.24, 2.45) is 0 Å². The Balaban J connectivity index is 4.62. The predicted molar refractivity (Wildman–Crippen MR) is 500 cm³/mol. The van der Waals surface area contributed by atoms with E-state index in [1.807, 2.05) is 0 Å². The van der Waals surface area contributed by atoms with E-state index in [-0.39, 0.29) is 19.3 Å². The SMILES string of the molecule is CCCCC/C=C\C/C=C\C/C=C\C/C=C\CCCCCCCCCCCCCCCCCC(=O)OCC(O)COP(=O)(O)OCC(O)COP(=O)(O)OCC(COC(=O)CCCCCCCCCCCCC/C=C\C/C=C\C/C=C\C/C=C\CCCCC)OC(=O)CCCCCCCCCCC/C=C\C/C=C\C/C=C\C/C=C\CCCCC. The lowest BCUT2D eigenvalue weighted by Gasteiger charge is -2.21. The summed E-state index contributed by atoms with van der Waals surface area (Å²) in [5, 5.41) is 20.8. The third-order valence-electron chi connectivity index (χ3n) is 20.5. The molecule has 18 heteroatoms. The van der Waals surface area contributed by atoms with Crippen LogP contribution in [0.5, 0.6) is 0 Å². The topological polar surface area (TPSA) is 231 Å². The first kappa shape index (κ1) is 114. The molecular weight excluding hydrogens is 1530 g/mol. The Morgan fingerprint density at radius 2 is 0.420 bits per heavy atom. The molecule has 0 aromatic rings. The molecule has 0 radical (unpaired) electrons. The minimum absolute atomic E-state index is 0.0943. The zero-order valence-corrected chi connectivity index (χ0v) is 77.5. The molecule has 0 fully saturated rings. The van der Waals surface area contributed by atoms with Gasteiger partial charge in [0.2, 0.25) is 0 Å².